The maximum absolute atomic E-state index is 11.7. The SMILES string of the molecule is C=CCCCCCC(=O)N[C@@H](CCCCCC=C)C(=O)O. The van der Waals surface area contributed by atoms with Crippen molar-refractivity contribution in [2.45, 2.75) is 70.3 Å². The predicted octanol–water partition coefficient (Wildman–Crippen LogP) is 3.83. The molecule has 0 aliphatic rings. The van der Waals surface area contributed by atoms with E-state index >= 15 is 0 Å². The van der Waals surface area contributed by atoms with Gasteiger partial charge >= 0.3 is 5.97 Å². The Morgan fingerprint density at radius 1 is 0.952 bits per heavy atom. The predicted molar refractivity (Wildman–Crippen MR) is 86.1 cm³/mol. The zero-order valence-corrected chi connectivity index (χ0v) is 13.0. The molecule has 0 aliphatic heterocycles. The number of hydrogen-bond acceptors (Lipinski definition) is 2. The average molecular weight is 295 g/mol. The summed E-state index contributed by atoms with van der Waals surface area (Å²) in [4.78, 5) is 22.8. The summed E-state index contributed by atoms with van der Waals surface area (Å²) in [6.45, 7) is 7.30. The van der Waals surface area contributed by atoms with Gasteiger partial charge < -0.3 is 10.4 Å². The number of amides is 1. The molecule has 0 aliphatic carbocycles. The highest BCUT2D eigenvalue weighted by molar-refractivity contribution is 5.83. The third kappa shape index (κ3) is 11.9. The summed E-state index contributed by atoms with van der Waals surface area (Å²) in [5.74, 6) is -1.11. The van der Waals surface area contributed by atoms with Crippen LogP contribution in [0.15, 0.2) is 25.3 Å². The summed E-state index contributed by atoms with van der Waals surface area (Å²) in [5.41, 5.74) is 0. The minimum absolute atomic E-state index is 0.160. The van der Waals surface area contributed by atoms with Crippen LogP contribution in [-0.4, -0.2) is 23.0 Å². The second-order valence-electron chi connectivity index (χ2n) is 5.27. The molecule has 0 aromatic heterocycles. The Morgan fingerprint density at radius 2 is 1.52 bits per heavy atom. The van der Waals surface area contributed by atoms with Gasteiger partial charge in [-0.2, -0.15) is 0 Å². The molecule has 0 heterocycles. The van der Waals surface area contributed by atoms with E-state index in [1.54, 1.807) is 0 Å². The van der Waals surface area contributed by atoms with Gasteiger partial charge in [0.05, 0.1) is 0 Å². The van der Waals surface area contributed by atoms with Crippen molar-refractivity contribution in [3.8, 4) is 0 Å². The highest BCUT2D eigenvalue weighted by atomic mass is 16.4. The monoisotopic (exact) mass is 295 g/mol. The summed E-state index contributed by atoms with van der Waals surface area (Å²) >= 11 is 0. The van der Waals surface area contributed by atoms with E-state index in [1.165, 1.54) is 0 Å². The molecule has 0 aromatic rings. The number of carbonyl (C=O) groups is 2. The molecule has 0 rings (SSSR count). The summed E-state index contributed by atoms with van der Waals surface area (Å²) in [6.07, 6.45) is 12.1. The normalized spacial score (nSPS) is 11.6. The van der Waals surface area contributed by atoms with Crippen LogP contribution in [0.4, 0.5) is 0 Å². The van der Waals surface area contributed by atoms with Gasteiger partial charge in [-0.1, -0.05) is 31.4 Å². The summed E-state index contributed by atoms with van der Waals surface area (Å²) < 4.78 is 0. The number of carbonyl (C=O) groups excluding carboxylic acids is 1. The van der Waals surface area contributed by atoms with Gasteiger partial charge in [0.2, 0.25) is 5.91 Å². The quantitative estimate of drug-likeness (QED) is 0.378. The molecule has 0 unspecified atom stereocenters. The molecule has 1 atom stereocenters. The van der Waals surface area contributed by atoms with E-state index in [-0.39, 0.29) is 5.91 Å². The Morgan fingerprint density at radius 3 is 2.05 bits per heavy atom. The lowest BCUT2D eigenvalue weighted by Crippen LogP contribution is -2.40. The lowest BCUT2D eigenvalue weighted by Gasteiger charge is -2.14. The van der Waals surface area contributed by atoms with Gasteiger partial charge in [0.15, 0.2) is 0 Å². The molecule has 0 saturated heterocycles. The fourth-order valence-corrected chi connectivity index (χ4v) is 2.09. The Labute approximate surface area is 128 Å². The molecule has 1 amide bonds. The molecule has 0 saturated carbocycles. The lowest BCUT2D eigenvalue weighted by atomic mass is 10.1. The topological polar surface area (TPSA) is 66.4 Å². The summed E-state index contributed by atoms with van der Waals surface area (Å²) in [5, 5.41) is 11.7. The van der Waals surface area contributed by atoms with Crippen LogP contribution >= 0.6 is 0 Å². The van der Waals surface area contributed by atoms with Crippen molar-refractivity contribution in [3.63, 3.8) is 0 Å². The van der Waals surface area contributed by atoms with Crippen molar-refractivity contribution in [2.24, 2.45) is 0 Å². The molecule has 0 fully saturated rings. The second-order valence-corrected chi connectivity index (χ2v) is 5.27. The van der Waals surface area contributed by atoms with Crippen LogP contribution in [0.25, 0.3) is 0 Å². The van der Waals surface area contributed by atoms with Crippen molar-refractivity contribution in [2.75, 3.05) is 0 Å². The van der Waals surface area contributed by atoms with Gasteiger partial charge in [0, 0.05) is 6.42 Å². The molecular weight excluding hydrogens is 266 g/mol. The van der Waals surface area contributed by atoms with Gasteiger partial charge in [-0.05, 0) is 38.5 Å². The Hall–Kier alpha value is -1.58. The zero-order valence-electron chi connectivity index (χ0n) is 13.0. The van der Waals surface area contributed by atoms with E-state index in [2.05, 4.69) is 18.5 Å². The van der Waals surface area contributed by atoms with Crippen LogP contribution in [-0.2, 0) is 9.59 Å². The third-order valence-electron chi connectivity index (χ3n) is 3.35. The van der Waals surface area contributed by atoms with Crippen molar-refractivity contribution in [1.29, 1.82) is 0 Å². The number of allylic oxidation sites excluding steroid dienone is 2. The van der Waals surface area contributed by atoms with E-state index < -0.39 is 12.0 Å². The molecule has 0 spiro atoms. The van der Waals surface area contributed by atoms with Crippen molar-refractivity contribution >= 4 is 11.9 Å². The second kappa shape index (κ2) is 13.4. The Balaban J connectivity index is 3.85. The number of rotatable bonds is 14. The van der Waals surface area contributed by atoms with Crippen molar-refractivity contribution in [1.82, 2.24) is 5.32 Å². The van der Waals surface area contributed by atoms with Gasteiger partial charge in [-0.3, -0.25) is 4.79 Å². The van der Waals surface area contributed by atoms with Crippen molar-refractivity contribution in [3.05, 3.63) is 25.3 Å². The van der Waals surface area contributed by atoms with Crippen LogP contribution in [0.1, 0.15) is 64.2 Å². The highest BCUT2D eigenvalue weighted by Gasteiger charge is 2.18. The Kier molecular flexibility index (Phi) is 12.4. The number of aliphatic carboxylic acids is 1. The first-order valence-electron chi connectivity index (χ1n) is 7.85. The van der Waals surface area contributed by atoms with Gasteiger partial charge in [0.25, 0.3) is 0 Å². The minimum atomic E-state index is -0.946. The molecule has 4 nitrogen and oxygen atoms in total. The van der Waals surface area contributed by atoms with Crippen LogP contribution in [0.3, 0.4) is 0 Å². The number of carboxylic acid groups (broad SMARTS) is 1. The molecule has 0 bridgehead atoms. The standard InChI is InChI=1S/C17H29NO3/c1-3-5-7-9-11-13-15(17(20)21)18-16(19)14-12-10-8-6-4-2/h3-4,15H,1-2,5-14H2,(H,18,19)(H,20,21)/t15-/m0/s1. The molecule has 4 heteroatoms. The third-order valence-corrected chi connectivity index (χ3v) is 3.35. The van der Waals surface area contributed by atoms with E-state index in [4.69, 9.17) is 5.11 Å². The van der Waals surface area contributed by atoms with Gasteiger partial charge in [0.1, 0.15) is 6.04 Å². The highest BCUT2D eigenvalue weighted by Crippen LogP contribution is 2.08. The number of unbranched alkanes of at least 4 members (excludes halogenated alkanes) is 6. The number of nitrogens with one attached hydrogen (secondary N) is 1. The zero-order chi connectivity index (χ0) is 15.9. The summed E-state index contributed by atoms with van der Waals surface area (Å²) in [7, 11) is 0. The van der Waals surface area contributed by atoms with Crippen LogP contribution < -0.4 is 5.32 Å². The first-order chi connectivity index (χ1) is 10.1. The molecule has 21 heavy (non-hydrogen) atoms. The van der Waals surface area contributed by atoms with E-state index in [9.17, 15) is 9.59 Å². The van der Waals surface area contributed by atoms with Crippen LogP contribution in [0.2, 0.25) is 0 Å². The molecule has 120 valence electrons. The van der Waals surface area contributed by atoms with Gasteiger partial charge in [-0.25, -0.2) is 4.79 Å². The minimum Gasteiger partial charge on any atom is -0.480 e. The van der Waals surface area contributed by atoms with Crippen LogP contribution in [0, 0.1) is 0 Å². The van der Waals surface area contributed by atoms with E-state index in [1.807, 2.05) is 12.2 Å². The first kappa shape index (κ1) is 19.4. The maximum atomic E-state index is 11.7. The van der Waals surface area contributed by atoms with E-state index in [0.717, 1.165) is 51.4 Å². The molecule has 0 aromatic carbocycles. The molecule has 0 radical (unpaired) electrons. The maximum Gasteiger partial charge on any atom is 0.326 e. The van der Waals surface area contributed by atoms with E-state index in [0.29, 0.717) is 12.8 Å². The largest absolute Gasteiger partial charge is 0.480 e. The van der Waals surface area contributed by atoms with Gasteiger partial charge in [-0.15, -0.1) is 13.2 Å². The molecular formula is C17H29NO3. The average Bonchev–Trinajstić information content (AvgIpc) is 2.45. The fraction of sp³-hybridized carbons (Fsp3) is 0.647. The number of hydrogen-bond donors (Lipinski definition) is 2. The Bertz CT molecular complexity index is 326. The lowest BCUT2D eigenvalue weighted by molar-refractivity contribution is -0.142. The smallest absolute Gasteiger partial charge is 0.326 e. The first-order valence-corrected chi connectivity index (χ1v) is 7.85. The summed E-state index contributed by atoms with van der Waals surface area (Å²) in [6, 6.07) is -0.755. The fourth-order valence-electron chi connectivity index (χ4n) is 2.09. The number of carboxylic acids is 1. The van der Waals surface area contributed by atoms with Crippen LogP contribution in [0.5, 0.6) is 0 Å². The molecule has 2 N–H and O–H groups in total. The van der Waals surface area contributed by atoms with Crippen molar-refractivity contribution < 1.29 is 14.7 Å².